The Balaban J connectivity index is 2.33. The van der Waals surface area contributed by atoms with E-state index in [1.54, 1.807) is 4.90 Å². The number of aliphatic carboxylic acids is 1. The van der Waals surface area contributed by atoms with Crippen LogP contribution in [0, 0.1) is 0 Å². The molecule has 0 aromatic heterocycles. The topological polar surface area (TPSA) is 66.6 Å². The molecule has 1 fully saturated rings. The van der Waals surface area contributed by atoms with E-state index in [9.17, 15) is 4.79 Å². The molecule has 0 spiro atoms. The zero-order valence-corrected chi connectivity index (χ0v) is 5.79. The first-order valence-electron chi connectivity index (χ1n) is 3.41. The first-order valence-corrected chi connectivity index (χ1v) is 3.41. The quantitative estimate of drug-likeness (QED) is 0.545. The molecule has 0 amide bonds. The summed E-state index contributed by atoms with van der Waals surface area (Å²) in [5, 5.41) is 8.39. The summed E-state index contributed by atoms with van der Waals surface area (Å²) < 4.78 is 0. The van der Waals surface area contributed by atoms with Gasteiger partial charge >= 0.3 is 5.97 Å². The fourth-order valence-electron chi connectivity index (χ4n) is 1.22. The van der Waals surface area contributed by atoms with Gasteiger partial charge in [-0.2, -0.15) is 0 Å². The van der Waals surface area contributed by atoms with Gasteiger partial charge in [-0.1, -0.05) is 0 Å². The molecule has 0 radical (unpaired) electrons. The predicted octanol–water partition coefficient (Wildman–Crippen LogP) is -0.548. The minimum Gasteiger partial charge on any atom is -0.480 e. The molecule has 1 rings (SSSR count). The lowest BCUT2D eigenvalue weighted by Crippen LogP contribution is -2.39. The molecule has 10 heavy (non-hydrogen) atoms. The van der Waals surface area contributed by atoms with Crippen molar-refractivity contribution in [3.8, 4) is 0 Å². The van der Waals surface area contributed by atoms with Crippen molar-refractivity contribution in [1.82, 2.24) is 4.90 Å². The van der Waals surface area contributed by atoms with Crippen molar-refractivity contribution in [1.29, 1.82) is 0 Å². The molecule has 0 aromatic rings. The molecular formula is C6H12N2O2. The number of carboxylic acid groups (broad SMARTS) is 1. The number of likely N-dealkylation sites (tertiary alicyclic amines) is 1. The summed E-state index contributed by atoms with van der Waals surface area (Å²) in [5.74, 6) is -0.794. The Labute approximate surface area is 59.6 Å². The second kappa shape index (κ2) is 2.98. The van der Waals surface area contributed by atoms with E-state index in [-0.39, 0.29) is 12.7 Å². The van der Waals surface area contributed by atoms with Gasteiger partial charge in [0.15, 0.2) is 0 Å². The minimum atomic E-state index is -0.794. The van der Waals surface area contributed by atoms with E-state index >= 15 is 0 Å². The lowest BCUT2D eigenvalue weighted by Gasteiger charge is -2.17. The van der Waals surface area contributed by atoms with Gasteiger partial charge in [0, 0.05) is 6.54 Å². The van der Waals surface area contributed by atoms with Gasteiger partial charge in [0.25, 0.3) is 0 Å². The Morgan fingerprint density at radius 2 is 2.50 bits per heavy atom. The lowest BCUT2D eigenvalue weighted by molar-refractivity contribution is -0.138. The summed E-state index contributed by atoms with van der Waals surface area (Å²) in [6, 6.07) is 0. The third-order valence-electron chi connectivity index (χ3n) is 1.75. The molecule has 0 bridgehead atoms. The van der Waals surface area contributed by atoms with Gasteiger partial charge in [-0.25, -0.2) is 0 Å². The van der Waals surface area contributed by atoms with Crippen LogP contribution in [0.15, 0.2) is 0 Å². The second-order valence-electron chi connectivity index (χ2n) is 2.57. The average molecular weight is 144 g/mol. The van der Waals surface area contributed by atoms with Crippen molar-refractivity contribution in [2.24, 2.45) is 5.73 Å². The number of hydrogen-bond donors (Lipinski definition) is 2. The van der Waals surface area contributed by atoms with E-state index in [0.717, 1.165) is 19.4 Å². The van der Waals surface area contributed by atoms with Gasteiger partial charge in [-0.15, -0.1) is 0 Å². The van der Waals surface area contributed by atoms with Crippen molar-refractivity contribution < 1.29 is 9.90 Å². The number of nitrogens with two attached hydrogens (primary N) is 1. The third kappa shape index (κ3) is 1.68. The minimum absolute atomic E-state index is 0.0314. The highest BCUT2D eigenvalue weighted by molar-refractivity contribution is 5.69. The smallest absolute Gasteiger partial charge is 0.317 e. The molecule has 0 aromatic carbocycles. The maximum atomic E-state index is 10.2. The van der Waals surface area contributed by atoms with E-state index in [1.165, 1.54) is 0 Å². The van der Waals surface area contributed by atoms with E-state index in [1.807, 2.05) is 0 Å². The molecular weight excluding hydrogens is 132 g/mol. The fraction of sp³-hybridized carbons (Fsp3) is 0.833. The Bertz CT molecular complexity index is 138. The van der Waals surface area contributed by atoms with E-state index < -0.39 is 5.97 Å². The maximum Gasteiger partial charge on any atom is 0.317 e. The monoisotopic (exact) mass is 144 g/mol. The van der Waals surface area contributed by atoms with Crippen LogP contribution in [0.2, 0.25) is 0 Å². The molecule has 1 aliphatic heterocycles. The lowest BCUT2D eigenvalue weighted by atomic mass is 10.3. The summed E-state index contributed by atoms with van der Waals surface area (Å²) in [5.41, 5.74) is 5.59. The van der Waals surface area contributed by atoms with Crippen LogP contribution in [0.1, 0.15) is 12.8 Å². The Hall–Kier alpha value is -0.610. The Morgan fingerprint density at radius 1 is 1.80 bits per heavy atom. The third-order valence-corrected chi connectivity index (χ3v) is 1.75. The van der Waals surface area contributed by atoms with Crippen LogP contribution in [0.3, 0.4) is 0 Å². The molecule has 4 heteroatoms. The Kier molecular flexibility index (Phi) is 2.24. The van der Waals surface area contributed by atoms with Crippen LogP contribution in [0.25, 0.3) is 0 Å². The van der Waals surface area contributed by atoms with Crippen molar-refractivity contribution >= 4 is 5.97 Å². The Morgan fingerprint density at radius 3 is 2.90 bits per heavy atom. The maximum absolute atomic E-state index is 10.2. The van der Waals surface area contributed by atoms with Crippen LogP contribution in [-0.4, -0.2) is 35.2 Å². The summed E-state index contributed by atoms with van der Waals surface area (Å²) in [6.45, 7) is 0.911. The van der Waals surface area contributed by atoms with Gasteiger partial charge in [0.1, 0.15) is 0 Å². The van der Waals surface area contributed by atoms with Gasteiger partial charge in [0.05, 0.1) is 12.7 Å². The highest BCUT2D eigenvalue weighted by Crippen LogP contribution is 2.11. The summed E-state index contributed by atoms with van der Waals surface area (Å²) in [6.07, 6.45) is 1.91. The van der Waals surface area contributed by atoms with Crippen LogP contribution in [0.4, 0.5) is 0 Å². The standard InChI is InChI=1S/C6H12N2O2/c7-5-2-1-3-8(5)4-6(9)10/h5H,1-4,7H2,(H,9,10). The zero-order chi connectivity index (χ0) is 7.56. The zero-order valence-electron chi connectivity index (χ0n) is 5.79. The molecule has 1 saturated heterocycles. The van der Waals surface area contributed by atoms with Crippen molar-refractivity contribution in [2.45, 2.75) is 19.0 Å². The van der Waals surface area contributed by atoms with Gasteiger partial charge in [-0.05, 0) is 12.8 Å². The van der Waals surface area contributed by atoms with E-state index in [4.69, 9.17) is 10.8 Å². The predicted molar refractivity (Wildman–Crippen MR) is 36.4 cm³/mol. The van der Waals surface area contributed by atoms with Crippen molar-refractivity contribution in [3.63, 3.8) is 0 Å². The van der Waals surface area contributed by atoms with E-state index in [2.05, 4.69) is 0 Å². The molecule has 58 valence electrons. The number of rotatable bonds is 2. The van der Waals surface area contributed by atoms with Crippen molar-refractivity contribution in [3.05, 3.63) is 0 Å². The second-order valence-corrected chi connectivity index (χ2v) is 2.57. The normalized spacial score (nSPS) is 27.1. The van der Waals surface area contributed by atoms with E-state index in [0.29, 0.717) is 0 Å². The molecule has 0 saturated carbocycles. The van der Waals surface area contributed by atoms with Crippen LogP contribution >= 0.6 is 0 Å². The number of nitrogens with zero attached hydrogens (tertiary/aromatic N) is 1. The molecule has 3 N–H and O–H groups in total. The fourth-order valence-corrected chi connectivity index (χ4v) is 1.22. The first-order chi connectivity index (χ1) is 4.70. The highest BCUT2D eigenvalue weighted by atomic mass is 16.4. The first kappa shape index (κ1) is 7.50. The van der Waals surface area contributed by atoms with Gasteiger partial charge in [0.2, 0.25) is 0 Å². The molecule has 0 aliphatic carbocycles. The molecule has 1 heterocycles. The summed E-state index contributed by atoms with van der Waals surface area (Å²) in [4.78, 5) is 12.0. The molecule has 4 nitrogen and oxygen atoms in total. The van der Waals surface area contributed by atoms with Crippen LogP contribution in [-0.2, 0) is 4.79 Å². The largest absolute Gasteiger partial charge is 0.480 e. The molecule has 1 unspecified atom stereocenters. The van der Waals surface area contributed by atoms with Crippen LogP contribution < -0.4 is 5.73 Å². The highest BCUT2D eigenvalue weighted by Gasteiger charge is 2.21. The number of carbonyl (C=O) groups is 1. The van der Waals surface area contributed by atoms with Crippen LogP contribution in [0.5, 0.6) is 0 Å². The summed E-state index contributed by atoms with van der Waals surface area (Å²) in [7, 11) is 0. The SMILES string of the molecule is NC1CCCN1CC(=O)O. The van der Waals surface area contributed by atoms with Gasteiger partial charge in [-0.3, -0.25) is 9.69 Å². The molecule has 1 atom stereocenters. The van der Waals surface area contributed by atoms with Crippen molar-refractivity contribution in [2.75, 3.05) is 13.1 Å². The van der Waals surface area contributed by atoms with Gasteiger partial charge < -0.3 is 10.8 Å². The summed E-state index contributed by atoms with van der Waals surface area (Å²) >= 11 is 0. The average Bonchev–Trinajstić information content (AvgIpc) is 2.15. The molecule has 1 aliphatic rings. The number of carboxylic acids is 1. The number of hydrogen-bond acceptors (Lipinski definition) is 3.